The molecule has 170 valence electrons. The van der Waals surface area contributed by atoms with Crippen LogP contribution in [0, 0.1) is 0 Å². The Labute approximate surface area is 168 Å². The van der Waals surface area contributed by atoms with E-state index >= 15 is 0 Å². The van der Waals surface area contributed by atoms with Crippen LogP contribution in [0.2, 0.25) is 0 Å². The zero-order valence-corrected chi connectivity index (χ0v) is 16.2. The molecule has 1 spiro atoms. The number of hydrogen-bond acceptors (Lipinski definition) is 15. The van der Waals surface area contributed by atoms with Crippen molar-refractivity contribution in [1.29, 1.82) is 0 Å². The van der Waals surface area contributed by atoms with E-state index in [0.717, 1.165) is 9.62 Å². The van der Waals surface area contributed by atoms with Crippen molar-refractivity contribution in [3.8, 4) is 0 Å². The summed E-state index contributed by atoms with van der Waals surface area (Å²) in [6.07, 6.45) is -3.55. The predicted octanol–water partition coefficient (Wildman–Crippen LogP) is -5.62. The molecule has 0 aromatic carbocycles. The number of ether oxygens (including phenoxy) is 1. The Morgan fingerprint density at radius 1 is 1.27 bits per heavy atom. The number of aliphatic imine (C=N–C) groups is 2. The summed E-state index contributed by atoms with van der Waals surface area (Å²) < 4.78 is 71.1. The summed E-state index contributed by atoms with van der Waals surface area (Å²) in [4.78, 5) is 20.4. The van der Waals surface area contributed by atoms with Gasteiger partial charge < -0.3 is 36.6 Å². The average Bonchev–Trinajstić information content (AvgIpc) is 2.99. The minimum atomic E-state index is -5.12. The van der Waals surface area contributed by atoms with Crippen LogP contribution in [0.25, 0.3) is 0 Å². The van der Waals surface area contributed by atoms with Crippen LogP contribution < -0.4 is 21.5 Å². The molecule has 0 aliphatic carbocycles. The highest BCUT2D eigenvalue weighted by Gasteiger charge is 2.74. The molecule has 0 bridgehead atoms. The molecule has 20 heteroatoms. The quantitative estimate of drug-likeness (QED) is 0.136. The van der Waals surface area contributed by atoms with Gasteiger partial charge in [0.2, 0.25) is 5.79 Å². The van der Waals surface area contributed by atoms with Crippen molar-refractivity contribution >= 4 is 38.7 Å². The topological polar surface area (TPSA) is 289 Å². The molecule has 0 aromatic rings. The molecule has 1 saturated heterocycles. The Bertz CT molecular complexity index is 1020. The largest absolute Gasteiger partial charge is 0.446 e. The number of carbonyl (C=O) groups excluding carboxylic acids is 1. The minimum Gasteiger partial charge on any atom is -0.446 e. The van der Waals surface area contributed by atoms with Gasteiger partial charge in [-0.05, 0) is 0 Å². The van der Waals surface area contributed by atoms with E-state index in [1.165, 1.54) is 0 Å². The number of rotatable bonds is 5. The highest BCUT2D eigenvalue weighted by molar-refractivity contribution is 7.84. The highest BCUT2D eigenvalue weighted by atomic mass is 32.3. The third-order valence-electron chi connectivity index (χ3n) is 4.58. The second-order valence-corrected chi connectivity index (χ2v) is 8.63. The Hall–Kier alpha value is -2.49. The molecule has 30 heavy (non-hydrogen) atoms. The SMILES string of the molecule is NC1=NC2[C@H](COC(=O)NS(=O)(=O)O)N=C(N)N3C[C@@H](OS(=O)(=O)O)C(O)(O)C23N1. The van der Waals surface area contributed by atoms with Gasteiger partial charge in [0.1, 0.15) is 18.7 Å². The van der Waals surface area contributed by atoms with Crippen LogP contribution in [0.3, 0.4) is 0 Å². The van der Waals surface area contributed by atoms with E-state index < -0.39 is 75.5 Å². The van der Waals surface area contributed by atoms with Crippen molar-refractivity contribution in [2.45, 2.75) is 29.6 Å². The molecule has 4 atom stereocenters. The molecule has 1 amide bonds. The first-order valence-electron chi connectivity index (χ1n) is 7.81. The van der Waals surface area contributed by atoms with Crippen LogP contribution in [-0.2, 0) is 29.6 Å². The van der Waals surface area contributed by atoms with Gasteiger partial charge in [-0.15, -0.1) is 0 Å². The molecule has 18 nitrogen and oxygen atoms in total. The fourth-order valence-corrected chi connectivity index (χ4v) is 4.34. The molecule has 0 radical (unpaired) electrons. The van der Waals surface area contributed by atoms with Crippen LogP contribution in [0.4, 0.5) is 4.79 Å². The van der Waals surface area contributed by atoms with Gasteiger partial charge in [-0.1, -0.05) is 0 Å². The van der Waals surface area contributed by atoms with Crippen LogP contribution in [0.15, 0.2) is 9.98 Å². The normalized spacial score (nSPS) is 32.4. The molecular weight excluding hydrogens is 458 g/mol. The van der Waals surface area contributed by atoms with Crippen molar-refractivity contribution in [3.05, 3.63) is 0 Å². The Morgan fingerprint density at radius 3 is 2.47 bits per heavy atom. The summed E-state index contributed by atoms with van der Waals surface area (Å²) in [7, 11) is -10.0. The summed E-state index contributed by atoms with van der Waals surface area (Å²) in [5, 5.41) is 23.9. The van der Waals surface area contributed by atoms with Gasteiger partial charge in [-0.25, -0.2) is 19.0 Å². The third-order valence-corrected chi connectivity index (χ3v) is 5.48. The number of hydrogen-bond donors (Lipinski definition) is 8. The molecule has 2 unspecified atom stereocenters. The number of amides is 1. The van der Waals surface area contributed by atoms with Gasteiger partial charge in [0.15, 0.2) is 23.7 Å². The van der Waals surface area contributed by atoms with Crippen molar-refractivity contribution in [2.75, 3.05) is 13.2 Å². The first kappa shape index (κ1) is 22.2. The number of carbonyl (C=O) groups is 1. The maximum Gasteiger partial charge on any atom is 0.422 e. The van der Waals surface area contributed by atoms with Crippen molar-refractivity contribution in [2.24, 2.45) is 21.5 Å². The second kappa shape index (κ2) is 6.76. The van der Waals surface area contributed by atoms with E-state index in [2.05, 4.69) is 24.2 Å². The molecule has 0 saturated carbocycles. The van der Waals surface area contributed by atoms with Crippen molar-refractivity contribution < 1.29 is 49.9 Å². The zero-order valence-electron chi connectivity index (χ0n) is 14.6. The van der Waals surface area contributed by atoms with Crippen LogP contribution in [0.1, 0.15) is 0 Å². The maximum absolute atomic E-state index is 11.4. The number of guanidine groups is 2. The third kappa shape index (κ3) is 3.68. The predicted molar refractivity (Wildman–Crippen MR) is 93.0 cm³/mol. The van der Waals surface area contributed by atoms with Gasteiger partial charge in [0.05, 0.1) is 6.54 Å². The lowest BCUT2D eigenvalue weighted by atomic mass is 9.86. The molecular formula is C10H17N7O11S2. The van der Waals surface area contributed by atoms with Crippen molar-refractivity contribution in [1.82, 2.24) is 14.9 Å². The lowest BCUT2D eigenvalue weighted by Crippen LogP contribution is -2.77. The maximum atomic E-state index is 11.4. The average molecular weight is 475 g/mol. The standard InChI is InChI=1S/C10H17N7O11S2/c11-6-14-5-3(2-27-8(18)16-29(21,22)23)13-7(12)17-1-4(28-30(24,25)26)10(19,20)9(5,17)15-6/h3-5,19-20H,1-2H2,(H2,12,13)(H,16,18)(H3,11,14,15)(H,21,22,23)(H,24,25,26)/t3-,4+,5?,9?/m0/s1. The lowest BCUT2D eigenvalue weighted by Gasteiger charge is -2.48. The van der Waals surface area contributed by atoms with Gasteiger partial charge in [-0.3, -0.25) is 9.11 Å². The van der Waals surface area contributed by atoms with E-state index in [-0.39, 0.29) is 5.96 Å². The molecule has 0 aromatic heterocycles. The number of nitrogens with two attached hydrogens (primary N) is 2. The number of nitrogens with zero attached hydrogens (tertiary/aromatic N) is 3. The van der Waals surface area contributed by atoms with E-state index in [1.807, 2.05) is 0 Å². The molecule has 3 aliphatic rings. The van der Waals surface area contributed by atoms with Crippen molar-refractivity contribution in [3.63, 3.8) is 0 Å². The van der Waals surface area contributed by atoms with Gasteiger partial charge in [0, 0.05) is 0 Å². The van der Waals surface area contributed by atoms with Gasteiger partial charge in [0.25, 0.3) is 0 Å². The van der Waals surface area contributed by atoms with Crippen LogP contribution in [-0.4, -0.2) is 102 Å². The Kier molecular flexibility index (Phi) is 5.00. The monoisotopic (exact) mass is 475 g/mol. The fourth-order valence-electron chi connectivity index (χ4n) is 3.58. The Balaban J connectivity index is 1.92. The zero-order chi connectivity index (χ0) is 22.7. The summed E-state index contributed by atoms with van der Waals surface area (Å²) in [6.45, 7) is -1.31. The lowest BCUT2D eigenvalue weighted by molar-refractivity contribution is -0.252. The summed E-state index contributed by atoms with van der Waals surface area (Å²) >= 11 is 0. The van der Waals surface area contributed by atoms with E-state index in [0.29, 0.717) is 0 Å². The molecule has 3 aliphatic heterocycles. The Morgan fingerprint density at radius 2 is 1.90 bits per heavy atom. The van der Waals surface area contributed by atoms with Gasteiger partial charge in [-0.2, -0.15) is 21.6 Å². The van der Waals surface area contributed by atoms with E-state index in [4.69, 9.17) is 20.6 Å². The van der Waals surface area contributed by atoms with E-state index in [1.54, 1.807) is 0 Å². The first-order valence-corrected chi connectivity index (χ1v) is 10.6. The number of nitrogens with one attached hydrogen (secondary N) is 2. The summed E-state index contributed by atoms with van der Waals surface area (Å²) in [5.41, 5.74) is 9.32. The molecule has 1 fully saturated rings. The molecule has 3 rings (SSSR count). The highest BCUT2D eigenvalue weighted by Crippen LogP contribution is 2.45. The fraction of sp³-hybridized carbons (Fsp3) is 0.700. The van der Waals surface area contributed by atoms with Crippen LogP contribution in [0.5, 0.6) is 0 Å². The molecule has 3 heterocycles. The smallest absolute Gasteiger partial charge is 0.422 e. The second-order valence-electron chi connectivity index (χ2n) is 6.43. The van der Waals surface area contributed by atoms with Crippen LogP contribution >= 0.6 is 0 Å². The summed E-state index contributed by atoms with van der Waals surface area (Å²) in [6, 6.07) is -2.64. The first-order chi connectivity index (χ1) is 13.6. The van der Waals surface area contributed by atoms with E-state index in [9.17, 15) is 31.8 Å². The van der Waals surface area contributed by atoms with Gasteiger partial charge >= 0.3 is 26.8 Å². The molecule has 10 N–H and O–H groups in total. The number of aliphatic hydroxyl groups is 2. The summed E-state index contributed by atoms with van der Waals surface area (Å²) in [5.74, 6) is -3.84. The minimum absolute atomic E-state index is 0.345.